The van der Waals surface area contributed by atoms with Crippen molar-refractivity contribution in [2.45, 2.75) is 39.1 Å². The van der Waals surface area contributed by atoms with E-state index in [2.05, 4.69) is 4.74 Å². The molecule has 0 fully saturated rings. The van der Waals surface area contributed by atoms with Gasteiger partial charge in [0, 0.05) is 0 Å². The Bertz CT molecular complexity index is 194. The maximum Gasteiger partial charge on any atom is 0.505 e. The Balaban J connectivity index is 3.50. The van der Waals surface area contributed by atoms with Crippen LogP contribution < -0.4 is 0 Å². The summed E-state index contributed by atoms with van der Waals surface area (Å²) >= 11 is 0. The van der Waals surface area contributed by atoms with Crippen molar-refractivity contribution in [3.63, 3.8) is 0 Å². The van der Waals surface area contributed by atoms with Gasteiger partial charge in [0.25, 0.3) is 0 Å². The molecule has 0 aromatic heterocycles. The molecule has 0 heterocycles. The van der Waals surface area contributed by atoms with Crippen molar-refractivity contribution in [2.75, 3.05) is 19.8 Å². The summed E-state index contributed by atoms with van der Waals surface area (Å²) < 4.78 is 14.9. The van der Waals surface area contributed by atoms with Crippen molar-refractivity contribution < 1.29 is 29.2 Å². The van der Waals surface area contributed by atoms with Gasteiger partial charge < -0.3 is 24.4 Å². The lowest BCUT2D eigenvalue weighted by Crippen LogP contribution is -2.26. The zero-order valence-corrected chi connectivity index (χ0v) is 9.88. The van der Waals surface area contributed by atoms with E-state index in [1.165, 1.54) is 0 Å². The second-order valence-electron chi connectivity index (χ2n) is 3.71. The Hall–Kier alpha value is -0.850. The van der Waals surface area contributed by atoms with Crippen LogP contribution in [0.25, 0.3) is 0 Å². The molecule has 0 amide bonds. The van der Waals surface area contributed by atoms with Crippen LogP contribution in [0.5, 0.6) is 0 Å². The maximum atomic E-state index is 10.1. The van der Waals surface area contributed by atoms with Crippen molar-refractivity contribution in [1.29, 1.82) is 0 Å². The molecule has 0 aliphatic heterocycles. The summed E-state index contributed by atoms with van der Waals surface area (Å²) in [6.45, 7) is 5.74. The number of hydrogen-bond acceptors (Lipinski definition) is 5. The zero-order chi connectivity index (χ0) is 12.6. The van der Waals surface area contributed by atoms with Gasteiger partial charge in [0.2, 0.25) is 0 Å². The molecule has 2 N–H and O–H groups in total. The van der Waals surface area contributed by atoms with Crippen LogP contribution in [-0.4, -0.2) is 54.5 Å². The topological polar surface area (TPSA) is 85.2 Å². The van der Waals surface area contributed by atoms with Crippen LogP contribution >= 0.6 is 0 Å². The molecule has 0 rings (SSSR count). The van der Waals surface area contributed by atoms with Gasteiger partial charge in [-0.25, -0.2) is 4.79 Å². The molecule has 0 spiro atoms. The first kappa shape index (κ1) is 15.2. The highest BCUT2D eigenvalue weighted by Crippen LogP contribution is 1.98. The van der Waals surface area contributed by atoms with Gasteiger partial charge >= 0.3 is 6.16 Å². The SMILES string of the molecule is CC(O)COC(C)COC(C)COC(=O)O. The van der Waals surface area contributed by atoms with Crippen LogP contribution in [0.15, 0.2) is 0 Å². The van der Waals surface area contributed by atoms with E-state index < -0.39 is 12.3 Å². The summed E-state index contributed by atoms with van der Waals surface area (Å²) in [6, 6.07) is 0. The molecule has 0 radical (unpaired) electrons. The van der Waals surface area contributed by atoms with Gasteiger partial charge in [-0.05, 0) is 20.8 Å². The summed E-state index contributed by atoms with van der Waals surface area (Å²) in [4.78, 5) is 10.1. The number of aliphatic hydroxyl groups is 1. The van der Waals surface area contributed by atoms with E-state index in [0.717, 1.165) is 0 Å². The molecular formula is C10H20O6. The predicted octanol–water partition coefficient (Wildman–Crippen LogP) is 0.872. The van der Waals surface area contributed by atoms with Gasteiger partial charge in [-0.15, -0.1) is 0 Å². The van der Waals surface area contributed by atoms with E-state index in [-0.39, 0.29) is 25.4 Å². The quantitative estimate of drug-likeness (QED) is 0.608. The standard InChI is InChI=1S/C10H20O6/c1-7(11)4-14-8(2)5-15-9(3)6-16-10(12)13/h7-9,11H,4-6H2,1-3H3,(H,12,13). The third-order valence-electron chi connectivity index (χ3n) is 1.68. The van der Waals surface area contributed by atoms with Crippen molar-refractivity contribution in [3.05, 3.63) is 0 Å². The Morgan fingerprint density at radius 2 is 1.56 bits per heavy atom. The molecular weight excluding hydrogens is 216 g/mol. The first-order valence-corrected chi connectivity index (χ1v) is 5.18. The Morgan fingerprint density at radius 1 is 1.06 bits per heavy atom. The molecule has 0 aromatic carbocycles. The second kappa shape index (κ2) is 8.32. The molecule has 0 bridgehead atoms. The monoisotopic (exact) mass is 236 g/mol. The minimum absolute atomic E-state index is 0.00153. The van der Waals surface area contributed by atoms with E-state index in [1.807, 2.05) is 6.92 Å². The average Bonchev–Trinajstić information content (AvgIpc) is 2.20. The van der Waals surface area contributed by atoms with Gasteiger partial charge in [-0.2, -0.15) is 0 Å². The normalized spacial score (nSPS) is 16.5. The molecule has 0 aromatic rings. The van der Waals surface area contributed by atoms with Gasteiger partial charge in [0.05, 0.1) is 31.5 Å². The number of aliphatic hydroxyl groups excluding tert-OH is 1. The highest BCUT2D eigenvalue weighted by atomic mass is 16.7. The smallest absolute Gasteiger partial charge is 0.450 e. The van der Waals surface area contributed by atoms with Gasteiger partial charge in [-0.1, -0.05) is 0 Å². The first-order valence-electron chi connectivity index (χ1n) is 5.18. The van der Waals surface area contributed by atoms with Crippen molar-refractivity contribution >= 4 is 6.16 Å². The summed E-state index contributed by atoms with van der Waals surface area (Å²) in [5.74, 6) is 0. The first-order chi connectivity index (χ1) is 7.41. The summed E-state index contributed by atoms with van der Waals surface area (Å²) in [5, 5.41) is 17.2. The third-order valence-corrected chi connectivity index (χ3v) is 1.68. The van der Waals surface area contributed by atoms with Gasteiger partial charge in [0.15, 0.2) is 0 Å². The van der Waals surface area contributed by atoms with E-state index >= 15 is 0 Å². The van der Waals surface area contributed by atoms with E-state index in [4.69, 9.17) is 19.7 Å². The Labute approximate surface area is 95.1 Å². The molecule has 0 saturated heterocycles. The van der Waals surface area contributed by atoms with Crippen molar-refractivity contribution in [1.82, 2.24) is 0 Å². The van der Waals surface area contributed by atoms with Crippen LogP contribution in [0, 0.1) is 0 Å². The number of rotatable bonds is 8. The fraction of sp³-hybridized carbons (Fsp3) is 0.900. The van der Waals surface area contributed by atoms with Crippen LogP contribution in [0.4, 0.5) is 4.79 Å². The predicted molar refractivity (Wildman–Crippen MR) is 56.5 cm³/mol. The average molecular weight is 236 g/mol. The Morgan fingerprint density at radius 3 is 2.06 bits per heavy atom. The third kappa shape index (κ3) is 9.70. The molecule has 0 saturated carbocycles. The molecule has 6 nitrogen and oxygen atoms in total. The van der Waals surface area contributed by atoms with Crippen LogP contribution in [0.1, 0.15) is 20.8 Å². The fourth-order valence-electron chi connectivity index (χ4n) is 0.888. The van der Waals surface area contributed by atoms with E-state index in [1.54, 1.807) is 13.8 Å². The number of carboxylic acid groups (broad SMARTS) is 1. The fourth-order valence-corrected chi connectivity index (χ4v) is 0.888. The number of carbonyl (C=O) groups is 1. The summed E-state index contributed by atoms with van der Waals surface area (Å²) in [7, 11) is 0. The molecule has 96 valence electrons. The Kier molecular flexibility index (Phi) is 7.88. The lowest BCUT2D eigenvalue weighted by molar-refractivity contribution is -0.0656. The van der Waals surface area contributed by atoms with Crippen LogP contribution in [0.2, 0.25) is 0 Å². The molecule has 6 heteroatoms. The highest BCUT2D eigenvalue weighted by Gasteiger charge is 2.09. The molecule has 3 atom stereocenters. The van der Waals surface area contributed by atoms with E-state index in [0.29, 0.717) is 6.61 Å². The van der Waals surface area contributed by atoms with Gasteiger partial charge in [-0.3, -0.25) is 0 Å². The lowest BCUT2D eigenvalue weighted by atomic mass is 10.4. The van der Waals surface area contributed by atoms with Crippen molar-refractivity contribution in [2.24, 2.45) is 0 Å². The number of hydrogen-bond donors (Lipinski definition) is 2. The molecule has 0 aliphatic rings. The van der Waals surface area contributed by atoms with Crippen LogP contribution in [-0.2, 0) is 14.2 Å². The molecule has 0 aliphatic carbocycles. The minimum atomic E-state index is -1.31. The minimum Gasteiger partial charge on any atom is -0.450 e. The highest BCUT2D eigenvalue weighted by molar-refractivity contribution is 5.56. The van der Waals surface area contributed by atoms with Gasteiger partial charge in [0.1, 0.15) is 6.61 Å². The molecule has 16 heavy (non-hydrogen) atoms. The van der Waals surface area contributed by atoms with Crippen LogP contribution in [0.3, 0.4) is 0 Å². The largest absolute Gasteiger partial charge is 0.505 e. The van der Waals surface area contributed by atoms with E-state index in [9.17, 15) is 4.79 Å². The van der Waals surface area contributed by atoms with Crippen molar-refractivity contribution in [3.8, 4) is 0 Å². The lowest BCUT2D eigenvalue weighted by Gasteiger charge is -2.17. The summed E-state index contributed by atoms with van der Waals surface area (Å²) in [5.41, 5.74) is 0. The molecule has 3 unspecified atom stereocenters. The maximum absolute atomic E-state index is 10.1. The summed E-state index contributed by atoms with van der Waals surface area (Å²) in [6.07, 6.45) is -2.28. The second-order valence-corrected chi connectivity index (χ2v) is 3.71. The number of ether oxygens (including phenoxy) is 3. The zero-order valence-electron chi connectivity index (χ0n) is 9.88.